The van der Waals surface area contributed by atoms with Gasteiger partial charge in [-0.3, -0.25) is 25.2 Å². The lowest BCUT2D eigenvalue weighted by Gasteiger charge is -2.19. The minimum atomic E-state index is -0.798. The number of nitrogens with one attached hydrogen (secondary N) is 2. The van der Waals surface area contributed by atoms with Crippen LogP contribution < -0.4 is 10.9 Å². The van der Waals surface area contributed by atoms with E-state index >= 15 is 0 Å². The summed E-state index contributed by atoms with van der Waals surface area (Å²) >= 11 is 11.4. The number of hydrogen-bond acceptors (Lipinski definition) is 3. The molecule has 0 unspecified atom stereocenters. The van der Waals surface area contributed by atoms with Crippen LogP contribution in [-0.2, 0) is 9.59 Å². The summed E-state index contributed by atoms with van der Waals surface area (Å²) < 4.78 is 13.4. The van der Waals surface area contributed by atoms with Crippen LogP contribution in [0.2, 0.25) is 10.0 Å². The summed E-state index contributed by atoms with van der Waals surface area (Å²) in [5.74, 6) is -2.22. The van der Waals surface area contributed by atoms with Crippen LogP contribution in [0.3, 0.4) is 0 Å². The summed E-state index contributed by atoms with van der Waals surface area (Å²) in [7, 11) is 0. The number of carbonyl (C=O) groups excluding carboxylic acids is 3. The predicted molar refractivity (Wildman–Crippen MR) is 87.1 cm³/mol. The quantitative estimate of drug-likeness (QED) is 0.628. The van der Waals surface area contributed by atoms with Crippen molar-refractivity contribution in [1.29, 1.82) is 0 Å². The van der Waals surface area contributed by atoms with E-state index in [1.54, 1.807) is 0 Å². The molecule has 1 heterocycles. The zero-order valence-electron chi connectivity index (χ0n) is 12.7. The Morgan fingerprint density at radius 3 is 2.62 bits per heavy atom. The van der Waals surface area contributed by atoms with Crippen molar-refractivity contribution in [3.63, 3.8) is 0 Å². The Bertz CT molecular complexity index is 670. The molecule has 24 heavy (non-hydrogen) atoms. The van der Waals surface area contributed by atoms with Gasteiger partial charge in [0.25, 0.3) is 11.8 Å². The van der Waals surface area contributed by atoms with Gasteiger partial charge in [0.05, 0.1) is 15.6 Å². The van der Waals surface area contributed by atoms with E-state index in [1.165, 1.54) is 4.90 Å². The Balaban J connectivity index is 1.90. The average molecular weight is 376 g/mol. The molecule has 0 saturated carbocycles. The number of carbonyl (C=O) groups is 3. The second kappa shape index (κ2) is 8.30. The number of rotatable bonds is 3. The average Bonchev–Trinajstić information content (AvgIpc) is 2.73. The summed E-state index contributed by atoms with van der Waals surface area (Å²) in [5.41, 5.74) is 4.16. The van der Waals surface area contributed by atoms with Crippen molar-refractivity contribution in [3.8, 4) is 0 Å². The maximum absolute atomic E-state index is 13.4. The largest absolute Gasteiger partial charge is 0.333 e. The number of benzene rings is 1. The van der Waals surface area contributed by atoms with E-state index in [-0.39, 0.29) is 28.1 Å². The molecule has 0 atom stereocenters. The minimum Gasteiger partial charge on any atom is -0.333 e. The van der Waals surface area contributed by atoms with Gasteiger partial charge in [-0.25, -0.2) is 4.39 Å². The third-order valence-electron chi connectivity index (χ3n) is 3.58. The highest BCUT2D eigenvalue weighted by atomic mass is 35.5. The zero-order valence-corrected chi connectivity index (χ0v) is 14.2. The lowest BCUT2D eigenvalue weighted by molar-refractivity contribution is -0.135. The van der Waals surface area contributed by atoms with Crippen molar-refractivity contribution in [2.45, 2.75) is 25.7 Å². The minimum absolute atomic E-state index is 0.0455. The van der Waals surface area contributed by atoms with Crippen LogP contribution in [0.5, 0.6) is 0 Å². The van der Waals surface area contributed by atoms with Gasteiger partial charge in [0.15, 0.2) is 0 Å². The highest BCUT2D eigenvalue weighted by molar-refractivity contribution is 6.36. The van der Waals surface area contributed by atoms with Crippen molar-refractivity contribution in [3.05, 3.63) is 33.6 Å². The SMILES string of the molecule is O=C(CN1CCCCCC1=O)NNC(=O)c1cc(F)c(Cl)cc1Cl. The first kappa shape index (κ1) is 18.5. The van der Waals surface area contributed by atoms with Gasteiger partial charge in [0.2, 0.25) is 5.91 Å². The summed E-state index contributed by atoms with van der Waals surface area (Å²) in [5, 5.41) is -0.254. The lowest BCUT2D eigenvalue weighted by Crippen LogP contribution is -2.47. The fourth-order valence-corrected chi connectivity index (χ4v) is 2.78. The van der Waals surface area contributed by atoms with Crippen molar-refractivity contribution in [2.24, 2.45) is 0 Å². The maximum atomic E-state index is 13.4. The van der Waals surface area contributed by atoms with Gasteiger partial charge in [0.1, 0.15) is 12.4 Å². The molecular formula is C15H16Cl2FN3O3. The number of hydrazine groups is 1. The van der Waals surface area contributed by atoms with E-state index in [1.807, 2.05) is 0 Å². The Morgan fingerprint density at radius 2 is 1.88 bits per heavy atom. The first-order chi connectivity index (χ1) is 11.4. The molecule has 3 amide bonds. The standard InChI is InChI=1S/C15H16Cl2FN3O3/c16-10-7-11(17)12(18)6-9(10)15(24)20-19-13(22)8-21-5-3-1-2-4-14(21)23/h6-7H,1-5,8H2,(H,19,22)(H,20,24). The molecule has 130 valence electrons. The molecule has 6 nitrogen and oxygen atoms in total. The van der Waals surface area contributed by atoms with Gasteiger partial charge in [-0.2, -0.15) is 0 Å². The number of likely N-dealkylation sites (tertiary alicyclic amines) is 1. The smallest absolute Gasteiger partial charge is 0.271 e. The fourth-order valence-electron chi connectivity index (χ4n) is 2.31. The number of amides is 3. The summed E-state index contributed by atoms with van der Waals surface area (Å²) in [6.45, 7) is 0.357. The Labute approximate surface area is 148 Å². The van der Waals surface area contributed by atoms with Gasteiger partial charge >= 0.3 is 0 Å². The van der Waals surface area contributed by atoms with Crippen LogP contribution >= 0.6 is 23.2 Å². The van der Waals surface area contributed by atoms with Crippen molar-refractivity contribution >= 4 is 40.9 Å². The Kier molecular flexibility index (Phi) is 6.39. The van der Waals surface area contributed by atoms with Crippen molar-refractivity contribution in [2.75, 3.05) is 13.1 Å². The van der Waals surface area contributed by atoms with Crippen LogP contribution in [-0.4, -0.2) is 35.7 Å². The Morgan fingerprint density at radius 1 is 1.12 bits per heavy atom. The van der Waals surface area contributed by atoms with E-state index < -0.39 is 17.6 Å². The van der Waals surface area contributed by atoms with E-state index in [0.717, 1.165) is 31.4 Å². The molecule has 2 N–H and O–H groups in total. The van der Waals surface area contributed by atoms with Crippen LogP contribution in [0, 0.1) is 5.82 Å². The van der Waals surface area contributed by atoms with Crippen molar-refractivity contribution in [1.82, 2.24) is 15.8 Å². The van der Waals surface area contributed by atoms with E-state index in [4.69, 9.17) is 23.2 Å². The van der Waals surface area contributed by atoms with Gasteiger partial charge in [-0.1, -0.05) is 29.6 Å². The predicted octanol–water partition coefficient (Wildman–Crippen LogP) is 2.30. The molecule has 0 aromatic heterocycles. The molecule has 0 spiro atoms. The second-order valence-corrected chi connectivity index (χ2v) is 6.19. The molecule has 0 bridgehead atoms. The molecule has 2 rings (SSSR count). The summed E-state index contributed by atoms with van der Waals surface area (Å²) in [6.07, 6.45) is 3.01. The molecular weight excluding hydrogens is 360 g/mol. The normalized spacial score (nSPS) is 15.0. The topological polar surface area (TPSA) is 78.5 Å². The molecule has 1 aliphatic rings. The van der Waals surface area contributed by atoms with Gasteiger partial charge < -0.3 is 4.90 Å². The lowest BCUT2D eigenvalue weighted by atomic mass is 10.2. The number of hydrogen-bond donors (Lipinski definition) is 2. The maximum Gasteiger partial charge on any atom is 0.271 e. The molecule has 1 saturated heterocycles. The Hall–Kier alpha value is -1.86. The van der Waals surface area contributed by atoms with Gasteiger partial charge in [0, 0.05) is 13.0 Å². The first-order valence-corrected chi connectivity index (χ1v) is 8.15. The van der Waals surface area contributed by atoms with Crippen LogP contribution in [0.15, 0.2) is 12.1 Å². The monoisotopic (exact) mass is 375 g/mol. The fraction of sp³-hybridized carbons (Fsp3) is 0.400. The summed E-state index contributed by atoms with van der Waals surface area (Å²) in [4.78, 5) is 37.1. The van der Waals surface area contributed by atoms with Crippen LogP contribution in [0.1, 0.15) is 36.0 Å². The summed E-state index contributed by atoms with van der Waals surface area (Å²) in [6, 6.07) is 1.98. The third-order valence-corrected chi connectivity index (χ3v) is 4.18. The highest BCUT2D eigenvalue weighted by Crippen LogP contribution is 2.24. The number of nitrogens with zero attached hydrogens (tertiary/aromatic N) is 1. The zero-order chi connectivity index (χ0) is 17.7. The first-order valence-electron chi connectivity index (χ1n) is 7.40. The molecule has 0 radical (unpaired) electrons. The molecule has 1 fully saturated rings. The van der Waals surface area contributed by atoms with Gasteiger partial charge in [-0.15, -0.1) is 0 Å². The van der Waals surface area contributed by atoms with E-state index in [9.17, 15) is 18.8 Å². The van der Waals surface area contributed by atoms with E-state index in [2.05, 4.69) is 10.9 Å². The van der Waals surface area contributed by atoms with Crippen LogP contribution in [0.4, 0.5) is 4.39 Å². The molecule has 1 aromatic carbocycles. The molecule has 1 aliphatic heterocycles. The van der Waals surface area contributed by atoms with E-state index in [0.29, 0.717) is 13.0 Å². The molecule has 0 aliphatic carbocycles. The van der Waals surface area contributed by atoms with Crippen LogP contribution in [0.25, 0.3) is 0 Å². The number of halogens is 3. The van der Waals surface area contributed by atoms with Crippen molar-refractivity contribution < 1.29 is 18.8 Å². The molecule has 9 heteroatoms. The third kappa shape index (κ3) is 4.82. The van der Waals surface area contributed by atoms with Gasteiger partial charge in [-0.05, 0) is 25.0 Å². The highest BCUT2D eigenvalue weighted by Gasteiger charge is 2.20. The second-order valence-electron chi connectivity index (χ2n) is 5.37. The molecule has 1 aromatic rings.